The molecular formula is C17H24ClN3O4S. The van der Waals surface area contributed by atoms with Crippen molar-refractivity contribution in [1.29, 1.82) is 0 Å². The molecule has 0 aliphatic carbocycles. The van der Waals surface area contributed by atoms with Crippen molar-refractivity contribution in [2.24, 2.45) is 5.92 Å². The Kier molecular flexibility index (Phi) is 7.43. The number of carbonyl (C=O) groups excluding carboxylic acids is 2. The van der Waals surface area contributed by atoms with Crippen LogP contribution >= 0.6 is 11.6 Å². The molecule has 1 aliphatic rings. The fourth-order valence-corrected chi connectivity index (χ4v) is 3.99. The highest BCUT2D eigenvalue weighted by atomic mass is 35.5. The van der Waals surface area contributed by atoms with Crippen LogP contribution < -0.4 is 10.0 Å². The number of nitrogens with one attached hydrogen (secondary N) is 2. The van der Waals surface area contributed by atoms with E-state index in [-0.39, 0.29) is 35.7 Å². The predicted molar refractivity (Wildman–Crippen MR) is 99.2 cm³/mol. The Labute approximate surface area is 159 Å². The Morgan fingerprint density at radius 3 is 2.62 bits per heavy atom. The second-order valence-corrected chi connectivity index (χ2v) is 8.42. The quantitative estimate of drug-likeness (QED) is 0.643. The van der Waals surface area contributed by atoms with E-state index in [1.54, 1.807) is 4.90 Å². The molecule has 7 nitrogen and oxygen atoms in total. The SMILES string of the molecule is CCCN1CC(C(=O)NCCNS(=O)(=O)c2ccc(Cl)cc2)CCC1=O. The average Bonchev–Trinajstić information content (AvgIpc) is 2.61. The number of hydrogen-bond acceptors (Lipinski definition) is 4. The lowest BCUT2D eigenvalue weighted by Crippen LogP contribution is -2.47. The van der Waals surface area contributed by atoms with Crippen molar-refractivity contribution in [2.45, 2.75) is 31.1 Å². The van der Waals surface area contributed by atoms with Gasteiger partial charge in [-0.05, 0) is 37.1 Å². The molecule has 9 heteroatoms. The first-order valence-corrected chi connectivity index (χ1v) is 10.5. The van der Waals surface area contributed by atoms with Gasteiger partial charge < -0.3 is 10.2 Å². The zero-order valence-electron chi connectivity index (χ0n) is 14.7. The van der Waals surface area contributed by atoms with Crippen molar-refractivity contribution in [2.75, 3.05) is 26.2 Å². The summed E-state index contributed by atoms with van der Waals surface area (Å²) < 4.78 is 26.7. The van der Waals surface area contributed by atoms with Gasteiger partial charge in [-0.15, -0.1) is 0 Å². The lowest BCUT2D eigenvalue weighted by molar-refractivity contribution is -0.138. The highest BCUT2D eigenvalue weighted by molar-refractivity contribution is 7.89. The number of hydrogen-bond donors (Lipinski definition) is 2. The molecule has 1 unspecified atom stereocenters. The molecule has 0 bridgehead atoms. The van der Waals surface area contributed by atoms with E-state index < -0.39 is 10.0 Å². The molecule has 1 fully saturated rings. The Hall–Kier alpha value is -1.64. The third-order valence-corrected chi connectivity index (χ3v) is 5.93. The van der Waals surface area contributed by atoms with E-state index in [0.29, 0.717) is 31.0 Å². The average molecular weight is 402 g/mol. The zero-order valence-corrected chi connectivity index (χ0v) is 16.3. The van der Waals surface area contributed by atoms with Crippen LogP contribution in [-0.4, -0.2) is 51.3 Å². The molecule has 0 radical (unpaired) electrons. The number of piperidine rings is 1. The number of rotatable bonds is 8. The van der Waals surface area contributed by atoms with Crippen molar-refractivity contribution in [3.63, 3.8) is 0 Å². The smallest absolute Gasteiger partial charge is 0.240 e. The Bertz CT molecular complexity index is 737. The number of benzene rings is 1. The molecule has 2 N–H and O–H groups in total. The minimum Gasteiger partial charge on any atom is -0.354 e. The summed E-state index contributed by atoms with van der Waals surface area (Å²) in [6, 6.07) is 5.85. The summed E-state index contributed by atoms with van der Waals surface area (Å²) in [6.07, 6.45) is 1.76. The van der Waals surface area contributed by atoms with Crippen molar-refractivity contribution >= 4 is 33.4 Å². The Balaban J connectivity index is 1.77. The Morgan fingerprint density at radius 1 is 1.27 bits per heavy atom. The molecule has 144 valence electrons. The normalized spacial score (nSPS) is 18.0. The van der Waals surface area contributed by atoms with Gasteiger partial charge in [0.05, 0.1) is 10.8 Å². The minimum absolute atomic E-state index is 0.0843. The molecule has 26 heavy (non-hydrogen) atoms. The standard InChI is InChI=1S/C17H24ClN3O4S/c1-2-11-21-12-13(3-8-16(21)22)17(23)19-9-10-20-26(24,25)15-6-4-14(18)5-7-15/h4-7,13,20H,2-3,8-12H2,1H3,(H,19,23). The van der Waals surface area contributed by atoms with E-state index in [1.165, 1.54) is 24.3 Å². The summed E-state index contributed by atoms with van der Waals surface area (Å²) >= 11 is 5.75. The Morgan fingerprint density at radius 2 is 1.96 bits per heavy atom. The molecule has 0 saturated carbocycles. The highest BCUT2D eigenvalue weighted by Crippen LogP contribution is 2.18. The van der Waals surface area contributed by atoms with Gasteiger partial charge in [-0.3, -0.25) is 9.59 Å². The summed E-state index contributed by atoms with van der Waals surface area (Å²) in [5.74, 6) is -0.303. The molecule has 0 aromatic heterocycles. The fourth-order valence-electron chi connectivity index (χ4n) is 2.83. The van der Waals surface area contributed by atoms with Crippen LogP contribution in [0.15, 0.2) is 29.2 Å². The molecule has 1 heterocycles. The van der Waals surface area contributed by atoms with Gasteiger partial charge in [-0.25, -0.2) is 13.1 Å². The van der Waals surface area contributed by atoms with Gasteiger partial charge in [0.2, 0.25) is 21.8 Å². The maximum absolute atomic E-state index is 12.2. The lowest BCUT2D eigenvalue weighted by Gasteiger charge is -2.31. The minimum atomic E-state index is -3.64. The highest BCUT2D eigenvalue weighted by Gasteiger charge is 2.29. The maximum Gasteiger partial charge on any atom is 0.240 e. The second-order valence-electron chi connectivity index (χ2n) is 6.22. The first-order chi connectivity index (χ1) is 12.3. The lowest BCUT2D eigenvalue weighted by atomic mass is 9.96. The van der Waals surface area contributed by atoms with Crippen molar-refractivity contribution < 1.29 is 18.0 Å². The molecule has 2 rings (SSSR count). The molecule has 1 aromatic rings. The van der Waals surface area contributed by atoms with Crippen LogP contribution in [0.1, 0.15) is 26.2 Å². The van der Waals surface area contributed by atoms with Crippen LogP contribution in [0.3, 0.4) is 0 Å². The summed E-state index contributed by atoms with van der Waals surface area (Å²) in [4.78, 5) is 25.9. The van der Waals surface area contributed by atoms with Gasteiger partial charge in [0.15, 0.2) is 0 Å². The van der Waals surface area contributed by atoms with E-state index in [1.807, 2.05) is 6.92 Å². The monoisotopic (exact) mass is 401 g/mol. The van der Waals surface area contributed by atoms with E-state index in [4.69, 9.17) is 11.6 Å². The van der Waals surface area contributed by atoms with Crippen molar-refractivity contribution in [3.8, 4) is 0 Å². The van der Waals surface area contributed by atoms with Crippen LogP contribution in [-0.2, 0) is 19.6 Å². The molecule has 0 spiro atoms. The summed E-state index contributed by atoms with van der Waals surface area (Å²) in [6.45, 7) is 3.34. The number of carbonyl (C=O) groups is 2. The van der Waals surface area contributed by atoms with Gasteiger partial charge in [0.25, 0.3) is 0 Å². The summed E-state index contributed by atoms with van der Waals surface area (Å²) in [5, 5.41) is 3.20. The van der Waals surface area contributed by atoms with E-state index in [0.717, 1.165) is 6.42 Å². The number of sulfonamides is 1. The number of likely N-dealkylation sites (tertiary alicyclic amines) is 1. The topological polar surface area (TPSA) is 95.6 Å². The predicted octanol–water partition coefficient (Wildman–Crippen LogP) is 1.38. The molecule has 1 saturated heterocycles. The van der Waals surface area contributed by atoms with Gasteiger partial charge >= 0.3 is 0 Å². The van der Waals surface area contributed by atoms with Gasteiger partial charge in [0, 0.05) is 37.6 Å². The first-order valence-electron chi connectivity index (χ1n) is 8.64. The summed E-state index contributed by atoms with van der Waals surface area (Å²) in [5.41, 5.74) is 0. The van der Waals surface area contributed by atoms with Crippen LogP contribution in [0.25, 0.3) is 0 Å². The van der Waals surface area contributed by atoms with E-state index >= 15 is 0 Å². The van der Waals surface area contributed by atoms with Crippen LogP contribution in [0.2, 0.25) is 5.02 Å². The number of halogens is 1. The molecule has 1 atom stereocenters. The zero-order chi connectivity index (χ0) is 19.2. The van der Waals surface area contributed by atoms with Crippen molar-refractivity contribution in [1.82, 2.24) is 14.9 Å². The van der Waals surface area contributed by atoms with Gasteiger partial charge in [-0.2, -0.15) is 0 Å². The third kappa shape index (κ3) is 5.69. The number of nitrogens with zero attached hydrogens (tertiary/aromatic N) is 1. The van der Waals surface area contributed by atoms with Gasteiger partial charge in [0.1, 0.15) is 0 Å². The molecular weight excluding hydrogens is 378 g/mol. The first kappa shape index (κ1) is 20.7. The fraction of sp³-hybridized carbons (Fsp3) is 0.529. The maximum atomic E-state index is 12.2. The third-order valence-electron chi connectivity index (χ3n) is 4.20. The second kappa shape index (κ2) is 9.34. The van der Waals surface area contributed by atoms with Crippen LogP contribution in [0.4, 0.5) is 0 Å². The molecule has 1 aliphatic heterocycles. The van der Waals surface area contributed by atoms with Crippen LogP contribution in [0.5, 0.6) is 0 Å². The molecule has 1 aromatic carbocycles. The van der Waals surface area contributed by atoms with E-state index in [2.05, 4.69) is 10.0 Å². The van der Waals surface area contributed by atoms with E-state index in [9.17, 15) is 18.0 Å². The van der Waals surface area contributed by atoms with Crippen LogP contribution in [0, 0.1) is 5.92 Å². The number of amides is 2. The molecule has 2 amide bonds. The van der Waals surface area contributed by atoms with Gasteiger partial charge in [-0.1, -0.05) is 18.5 Å². The largest absolute Gasteiger partial charge is 0.354 e. The van der Waals surface area contributed by atoms with Crippen molar-refractivity contribution in [3.05, 3.63) is 29.3 Å². The summed E-state index contributed by atoms with van der Waals surface area (Å²) in [7, 11) is -3.64.